The Morgan fingerprint density at radius 1 is 1.03 bits per heavy atom. The maximum Gasteiger partial charge on any atom is 0.258 e. The lowest BCUT2D eigenvalue weighted by molar-refractivity contribution is -0.114. The molecule has 0 bridgehead atoms. The average Bonchev–Trinajstić information content (AvgIpc) is 3.32. The van der Waals surface area contributed by atoms with E-state index in [4.69, 9.17) is 4.98 Å². The second-order valence-electron chi connectivity index (χ2n) is 9.58. The maximum atomic E-state index is 13.9. The molecule has 1 spiro atoms. The SMILES string of the molecule is CCn1c(SCC(=O)Nc2ccc(NC(C)=O)cc2)nc2c(c1=O)C1(CCCC1)Cc1ccccc1-2. The van der Waals surface area contributed by atoms with E-state index >= 15 is 0 Å². The molecule has 7 nitrogen and oxygen atoms in total. The van der Waals surface area contributed by atoms with Crippen molar-refractivity contribution in [3.8, 4) is 11.3 Å². The molecule has 0 aliphatic heterocycles. The lowest BCUT2D eigenvalue weighted by atomic mass is 9.68. The molecule has 1 saturated carbocycles. The fourth-order valence-corrected chi connectivity index (χ4v) is 6.46. The summed E-state index contributed by atoms with van der Waals surface area (Å²) in [6.45, 7) is 3.91. The highest BCUT2D eigenvalue weighted by atomic mass is 32.2. The Hall–Kier alpha value is -3.39. The predicted octanol–water partition coefficient (Wildman–Crippen LogP) is 4.99. The number of rotatable bonds is 6. The van der Waals surface area contributed by atoms with Gasteiger partial charge in [0.25, 0.3) is 5.56 Å². The van der Waals surface area contributed by atoms with Gasteiger partial charge in [-0.3, -0.25) is 19.0 Å². The van der Waals surface area contributed by atoms with E-state index in [9.17, 15) is 14.4 Å². The summed E-state index contributed by atoms with van der Waals surface area (Å²) in [5.74, 6) is -0.204. The summed E-state index contributed by atoms with van der Waals surface area (Å²) in [5, 5.41) is 6.15. The van der Waals surface area contributed by atoms with Crippen LogP contribution in [-0.4, -0.2) is 27.1 Å². The number of carbonyl (C=O) groups excluding carboxylic acids is 2. The van der Waals surface area contributed by atoms with Crippen molar-refractivity contribution in [3.05, 3.63) is 70.0 Å². The van der Waals surface area contributed by atoms with Gasteiger partial charge in [-0.25, -0.2) is 4.98 Å². The minimum absolute atomic E-state index is 0.0374. The van der Waals surface area contributed by atoms with Crippen molar-refractivity contribution in [2.24, 2.45) is 0 Å². The summed E-state index contributed by atoms with van der Waals surface area (Å²) in [7, 11) is 0. The normalized spacial score (nSPS) is 15.3. The minimum Gasteiger partial charge on any atom is -0.326 e. The number of amides is 2. The van der Waals surface area contributed by atoms with E-state index in [-0.39, 0.29) is 28.5 Å². The number of hydrogen-bond donors (Lipinski definition) is 2. The number of hydrogen-bond acceptors (Lipinski definition) is 5. The molecule has 0 atom stereocenters. The smallest absolute Gasteiger partial charge is 0.258 e. The van der Waals surface area contributed by atoms with E-state index in [1.807, 2.05) is 13.0 Å². The Balaban J connectivity index is 1.41. The van der Waals surface area contributed by atoms with E-state index in [1.165, 1.54) is 24.2 Å². The van der Waals surface area contributed by atoms with Gasteiger partial charge in [0, 0.05) is 35.8 Å². The Bertz CT molecular complexity index is 1370. The zero-order valence-corrected chi connectivity index (χ0v) is 21.4. The van der Waals surface area contributed by atoms with Crippen LogP contribution in [0.1, 0.15) is 50.7 Å². The summed E-state index contributed by atoms with van der Waals surface area (Å²) >= 11 is 1.29. The third kappa shape index (κ3) is 4.57. The van der Waals surface area contributed by atoms with E-state index in [1.54, 1.807) is 28.8 Å². The lowest BCUT2D eigenvalue weighted by Gasteiger charge is -2.36. The first-order valence-corrected chi connectivity index (χ1v) is 13.4. The predicted molar refractivity (Wildman–Crippen MR) is 144 cm³/mol. The first kappa shape index (κ1) is 24.3. The van der Waals surface area contributed by atoms with Gasteiger partial charge in [0.1, 0.15) is 0 Å². The Labute approximate surface area is 214 Å². The third-order valence-corrected chi connectivity index (χ3v) is 8.14. The van der Waals surface area contributed by atoms with Crippen LogP contribution < -0.4 is 16.2 Å². The van der Waals surface area contributed by atoms with Crippen molar-refractivity contribution in [2.75, 3.05) is 16.4 Å². The van der Waals surface area contributed by atoms with Crippen LogP contribution in [0.2, 0.25) is 0 Å². The molecule has 186 valence electrons. The van der Waals surface area contributed by atoms with Crippen LogP contribution in [0.25, 0.3) is 11.3 Å². The Morgan fingerprint density at radius 3 is 2.36 bits per heavy atom. The summed E-state index contributed by atoms with van der Waals surface area (Å²) in [5.41, 5.74) is 5.17. The van der Waals surface area contributed by atoms with Gasteiger partial charge in [0.05, 0.1) is 17.0 Å². The highest BCUT2D eigenvalue weighted by Crippen LogP contribution is 2.49. The first-order chi connectivity index (χ1) is 17.4. The number of nitrogens with one attached hydrogen (secondary N) is 2. The average molecular weight is 503 g/mol. The third-order valence-electron chi connectivity index (χ3n) is 7.16. The number of nitrogens with zero attached hydrogens (tertiary/aromatic N) is 2. The highest BCUT2D eigenvalue weighted by Gasteiger charge is 2.44. The summed E-state index contributed by atoms with van der Waals surface area (Å²) in [4.78, 5) is 42.8. The molecular formula is C28H30N4O3S. The van der Waals surface area contributed by atoms with Crippen LogP contribution >= 0.6 is 11.8 Å². The Morgan fingerprint density at radius 2 is 1.69 bits per heavy atom. The second-order valence-corrected chi connectivity index (χ2v) is 10.5. The van der Waals surface area contributed by atoms with Gasteiger partial charge < -0.3 is 10.6 Å². The largest absolute Gasteiger partial charge is 0.326 e. The van der Waals surface area contributed by atoms with Gasteiger partial charge in [0.15, 0.2) is 5.16 Å². The fourth-order valence-electron chi connectivity index (χ4n) is 5.60. The van der Waals surface area contributed by atoms with Gasteiger partial charge in [-0.2, -0.15) is 0 Å². The summed E-state index contributed by atoms with van der Waals surface area (Å²) < 4.78 is 1.73. The quantitative estimate of drug-likeness (QED) is 0.366. The van der Waals surface area contributed by atoms with Gasteiger partial charge >= 0.3 is 0 Å². The van der Waals surface area contributed by atoms with Gasteiger partial charge in [-0.05, 0) is 56.0 Å². The van der Waals surface area contributed by atoms with Crippen molar-refractivity contribution in [2.45, 2.75) is 63.1 Å². The van der Waals surface area contributed by atoms with Crippen molar-refractivity contribution in [1.82, 2.24) is 9.55 Å². The zero-order chi connectivity index (χ0) is 25.3. The molecule has 0 radical (unpaired) electrons. The zero-order valence-electron chi connectivity index (χ0n) is 20.6. The number of benzene rings is 2. The fraction of sp³-hybridized carbons (Fsp3) is 0.357. The number of fused-ring (bicyclic) bond motifs is 4. The van der Waals surface area contributed by atoms with E-state index in [0.717, 1.165) is 48.9 Å². The molecule has 2 aliphatic rings. The molecule has 2 aromatic carbocycles. The Kier molecular flexibility index (Phi) is 6.71. The van der Waals surface area contributed by atoms with Gasteiger partial charge in [-0.1, -0.05) is 48.9 Å². The molecule has 3 aromatic rings. The van der Waals surface area contributed by atoms with Crippen LogP contribution in [-0.2, 0) is 28.0 Å². The highest BCUT2D eigenvalue weighted by molar-refractivity contribution is 7.99. The first-order valence-electron chi connectivity index (χ1n) is 12.4. The molecule has 2 N–H and O–H groups in total. The number of anilines is 2. The van der Waals surface area contributed by atoms with Crippen molar-refractivity contribution in [1.29, 1.82) is 0 Å². The molecule has 1 heterocycles. The van der Waals surface area contributed by atoms with Gasteiger partial charge in [0.2, 0.25) is 11.8 Å². The molecule has 0 saturated heterocycles. The van der Waals surface area contributed by atoms with Crippen LogP contribution in [0.3, 0.4) is 0 Å². The molecule has 1 fully saturated rings. The van der Waals surface area contributed by atoms with Gasteiger partial charge in [-0.15, -0.1) is 0 Å². The molecule has 2 amide bonds. The van der Waals surface area contributed by atoms with E-state index in [2.05, 4.69) is 28.8 Å². The molecule has 5 rings (SSSR count). The van der Waals surface area contributed by atoms with Crippen LogP contribution in [0.15, 0.2) is 58.5 Å². The van der Waals surface area contributed by atoms with Crippen molar-refractivity contribution in [3.63, 3.8) is 0 Å². The topological polar surface area (TPSA) is 93.1 Å². The molecule has 8 heteroatoms. The monoisotopic (exact) mass is 502 g/mol. The maximum absolute atomic E-state index is 13.9. The van der Waals surface area contributed by atoms with Crippen molar-refractivity contribution >= 4 is 35.0 Å². The summed E-state index contributed by atoms with van der Waals surface area (Å²) in [6, 6.07) is 15.2. The molecular weight excluding hydrogens is 472 g/mol. The number of carbonyl (C=O) groups is 2. The molecule has 36 heavy (non-hydrogen) atoms. The summed E-state index contributed by atoms with van der Waals surface area (Å²) in [6.07, 6.45) is 5.20. The molecule has 2 aliphatic carbocycles. The van der Waals surface area contributed by atoms with Crippen LogP contribution in [0.5, 0.6) is 0 Å². The minimum atomic E-state index is -0.186. The van der Waals surface area contributed by atoms with E-state index in [0.29, 0.717) is 23.1 Å². The second kappa shape index (κ2) is 9.93. The number of thioether (sulfide) groups is 1. The van der Waals surface area contributed by atoms with Crippen LogP contribution in [0.4, 0.5) is 11.4 Å². The van der Waals surface area contributed by atoms with Crippen LogP contribution in [0, 0.1) is 0 Å². The number of aromatic nitrogens is 2. The molecule has 0 unspecified atom stereocenters. The standard InChI is InChI=1S/C28H30N4O3S/c1-3-32-26(35)24-25(22-9-5-4-8-19(22)16-28(24)14-6-7-15-28)31-27(32)36-17-23(34)30-21-12-10-20(11-13-21)29-18(2)33/h4-5,8-13H,3,6-7,14-17H2,1-2H3,(H,29,33)(H,30,34). The van der Waals surface area contributed by atoms with E-state index < -0.39 is 0 Å². The lowest BCUT2D eigenvalue weighted by Crippen LogP contribution is -2.40. The molecule has 1 aromatic heterocycles. The van der Waals surface area contributed by atoms with Crippen molar-refractivity contribution < 1.29 is 9.59 Å².